The molecule has 1 rings (SSSR count). The lowest BCUT2D eigenvalue weighted by atomic mass is 9.90. The number of hydrogen-bond donors (Lipinski definition) is 2. The smallest absolute Gasteiger partial charge is 0.220 e. The number of benzene rings is 1. The molecule has 0 bridgehead atoms. The van der Waals surface area contributed by atoms with Gasteiger partial charge in [0, 0.05) is 6.42 Å². The number of nitrogens with one attached hydrogen (secondary N) is 1. The summed E-state index contributed by atoms with van der Waals surface area (Å²) in [6, 6.07) is 0.564. The van der Waals surface area contributed by atoms with Gasteiger partial charge in [0.1, 0.15) is 0 Å². The summed E-state index contributed by atoms with van der Waals surface area (Å²) in [5.41, 5.74) is -0.0434. The van der Waals surface area contributed by atoms with Crippen LogP contribution in [-0.2, 0) is 4.79 Å². The van der Waals surface area contributed by atoms with E-state index in [-0.39, 0.29) is 23.3 Å². The van der Waals surface area contributed by atoms with Crippen LogP contribution in [0.1, 0.15) is 45.2 Å². The minimum absolute atomic E-state index is 0.0157. The fourth-order valence-electron chi connectivity index (χ4n) is 1.77. The van der Waals surface area contributed by atoms with E-state index in [1.165, 1.54) is 0 Å². The first-order valence-corrected chi connectivity index (χ1v) is 6.68. The highest BCUT2D eigenvalue weighted by atomic mass is 19.2. The minimum atomic E-state index is -1.57. The number of aliphatic hydroxyl groups excluding tert-OH is 1. The molecule has 1 aromatic carbocycles. The summed E-state index contributed by atoms with van der Waals surface area (Å²) in [5, 5.41) is 11.7. The molecular formula is C15H20F3NO2. The van der Waals surface area contributed by atoms with Crippen molar-refractivity contribution >= 4 is 5.91 Å². The number of aliphatic hydroxyl groups is 1. The zero-order valence-corrected chi connectivity index (χ0v) is 12.3. The van der Waals surface area contributed by atoms with Gasteiger partial charge in [-0.2, -0.15) is 0 Å². The molecule has 21 heavy (non-hydrogen) atoms. The summed E-state index contributed by atoms with van der Waals surface area (Å²) >= 11 is 0. The van der Waals surface area contributed by atoms with Gasteiger partial charge in [-0.3, -0.25) is 4.79 Å². The normalized spacial score (nSPS) is 13.1. The molecule has 0 radical (unpaired) electrons. The number of carbonyl (C=O) groups is 1. The first-order chi connectivity index (χ1) is 9.64. The highest BCUT2D eigenvalue weighted by Crippen LogP contribution is 2.22. The van der Waals surface area contributed by atoms with Gasteiger partial charge in [0.2, 0.25) is 5.91 Å². The molecule has 0 aliphatic carbocycles. The molecule has 1 aromatic rings. The Morgan fingerprint density at radius 3 is 2.19 bits per heavy atom. The SMILES string of the molecule is CC(C)(C)CCC(=O)NC(CO)c1cc(F)c(F)c(F)c1. The van der Waals surface area contributed by atoms with E-state index >= 15 is 0 Å². The van der Waals surface area contributed by atoms with Gasteiger partial charge in [-0.1, -0.05) is 20.8 Å². The summed E-state index contributed by atoms with van der Waals surface area (Å²) in [4.78, 5) is 11.8. The van der Waals surface area contributed by atoms with E-state index in [4.69, 9.17) is 0 Å². The summed E-state index contributed by atoms with van der Waals surface area (Å²) in [5.74, 6) is -4.62. The van der Waals surface area contributed by atoms with E-state index in [9.17, 15) is 23.1 Å². The van der Waals surface area contributed by atoms with E-state index in [1.807, 2.05) is 20.8 Å². The third-order valence-corrected chi connectivity index (χ3v) is 3.03. The summed E-state index contributed by atoms with van der Waals surface area (Å²) in [6.45, 7) is 5.41. The Kier molecular flexibility index (Phi) is 5.78. The van der Waals surface area contributed by atoms with Crippen LogP contribution in [0.2, 0.25) is 0 Å². The van der Waals surface area contributed by atoms with Crippen LogP contribution in [0, 0.1) is 22.9 Å². The van der Waals surface area contributed by atoms with E-state index in [0.29, 0.717) is 6.42 Å². The topological polar surface area (TPSA) is 49.3 Å². The maximum atomic E-state index is 13.2. The predicted molar refractivity (Wildman–Crippen MR) is 73.0 cm³/mol. The van der Waals surface area contributed by atoms with Gasteiger partial charge in [-0.15, -0.1) is 0 Å². The van der Waals surface area contributed by atoms with E-state index in [0.717, 1.165) is 12.1 Å². The van der Waals surface area contributed by atoms with Gasteiger partial charge >= 0.3 is 0 Å². The minimum Gasteiger partial charge on any atom is -0.394 e. The van der Waals surface area contributed by atoms with Gasteiger partial charge in [0.05, 0.1) is 12.6 Å². The zero-order valence-electron chi connectivity index (χ0n) is 12.3. The van der Waals surface area contributed by atoms with Crippen LogP contribution >= 0.6 is 0 Å². The summed E-state index contributed by atoms with van der Waals surface area (Å²) in [7, 11) is 0. The lowest BCUT2D eigenvalue weighted by molar-refractivity contribution is -0.122. The molecule has 118 valence electrons. The molecule has 0 saturated heterocycles. The van der Waals surface area contributed by atoms with Crippen LogP contribution in [0.5, 0.6) is 0 Å². The molecule has 1 unspecified atom stereocenters. The standard InChI is InChI=1S/C15H20F3NO2/c1-15(2,3)5-4-13(21)19-12(8-20)9-6-10(16)14(18)11(17)7-9/h6-7,12,20H,4-5,8H2,1-3H3,(H,19,21). The number of hydrogen-bond acceptors (Lipinski definition) is 2. The second-order valence-corrected chi connectivity index (χ2v) is 6.16. The number of rotatable bonds is 5. The summed E-state index contributed by atoms with van der Waals surface area (Å²) in [6.07, 6.45) is 0.856. The van der Waals surface area contributed by atoms with Crippen LogP contribution in [0.4, 0.5) is 13.2 Å². The zero-order chi connectivity index (χ0) is 16.2. The Balaban J connectivity index is 2.78. The average Bonchev–Trinajstić information content (AvgIpc) is 2.38. The van der Waals surface area contributed by atoms with E-state index < -0.39 is 30.1 Å². The lowest BCUT2D eigenvalue weighted by Gasteiger charge is -2.20. The van der Waals surface area contributed by atoms with Crippen molar-refractivity contribution in [3.8, 4) is 0 Å². The predicted octanol–water partition coefficient (Wildman–Crippen LogP) is 3.08. The Labute approximate surface area is 122 Å². The maximum Gasteiger partial charge on any atom is 0.220 e. The number of carbonyl (C=O) groups excluding carboxylic acids is 1. The molecule has 0 fully saturated rings. The van der Waals surface area contributed by atoms with Gasteiger partial charge in [-0.05, 0) is 29.5 Å². The van der Waals surface area contributed by atoms with E-state index in [2.05, 4.69) is 5.32 Å². The molecule has 0 spiro atoms. The number of halogens is 3. The van der Waals surface area contributed by atoms with Crippen molar-refractivity contribution in [2.24, 2.45) is 5.41 Å². The Morgan fingerprint density at radius 2 is 1.76 bits per heavy atom. The van der Waals surface area contributed by atoms with E-state index in [1.54, 1.807) is 0 Å². The van der Waals surface area contributed by atoms with Crippen LogP contribution in [0.3, 0.4) is 0 Å². The fraction of sp³-hybridized carbons (Fsp3) is 0.533. The highest BCUT2D eigenvalue weighted by molar-refractivity contribution is 5.76. The fourth-order valence-corrected chi connectivity index (χ4v) is 1.77. The van der Waals surface area contributed by atoms with Crippen molar-refractivity contribution in [1.82, 2.24) is 5.32 Å². The molecule has 0 heterocycles. The first kappa shape index (κ1) is 17.5. The Bertz CT molecular complexity index is 489. The molecule has 1 amide bonds. The second kappa shape index (κ2) is 6.93. The van der Waals surface area contributed by atoms with Crippen molar-refractivity contribution in [3.05, 3.63) is 35.1 Å². The largest absolute Gasteiger partial charge is 0.394 e. The van der Waals surface area contributed by atoms with Crippen molar-refractivity contribution in [2.45, 2.75) is 39.7 Å². The Hall–Kier alpha value is -1.56. The van der Waals surface area contributed by atoms with Gasteiger partial charge < -0.3 is 10.4 Å². The van der Waals surface area contributed by atoms with Crippen LogP contribution in [-0.4, -0.2) is 17.6 Å². The second-order valence-electron chi connectivity index (χ2n) is 6.16. The van der Waals surface area contributed by atoms with Crippen LogP contribution in [0.25, 0.3) is 0 Å². The maximum absolute atomic E-state index is 13.2. The third kappa shape index (κ3) is 5.38. The van der Waals surface area contributed by atoms with Crippen molar-refractivity contribution in [2.75, 3.05) is 6.61 Å². The molecular weight excluding hydrogens is 283 g/mol. The summed E-state index contributed by atoms with van der Waals surface area (Å²) < 4.78 is 39.2. The number of amides is 1. The van der Waals surface area contributed by atoms with Gasteiger partial charge in [0.15, 0.2) is 17.5 Å². The van der Waals surface area contributed by atoms with Crippen LogP contribution < -0.4 is 5.32 Å². The highest BCUT2D eigenvalue weighted by Gasteiger charge is 2.20. The van der Waals surface area contributed by atoms with Crippen molar-refractivity contribution < 1.29 is 23.1 Å². The van der Waals surface area contributed by atoms with Gasteiger partial charge in [-0.25, -0.2) is 13.2 Å². The van der Waals surface area contributed by atoms with Gasteiger partial charge in [0.25, 0.3) is 0 Å². The Morgan fingerprint density at radius 1 is 1.24 bits per heavy atom. The van der Waals surface area contributed by atoms with Crippen molar-refractivity contribution in [3.63, 3.8) is 0 Å². The average molecular weight is 303 g/mol. The van der Waals surface area contributed by atoms with Crippen LogP contribution in [0.15, 0.2) is 12.1 Å². The van der Waals surface area contributed by atoms with Crippen molar-refractivity contribution in [1.29, 1.82) is 0 Å². The molecule has 3 nitrogen and oxygen atoms in total. The molecule has 0 aromatic heterocycles. The molecule has 6 heteroatoms. The monoisotopic (exact) mass is 303 g/mol. The quantitative estimate of drug-likeness (QED) is 0.821. The first-order valence-electron chi connectivity index (χ1n) is 6.68. The third-order valence-electron chi connectivity index (χ3n) is 3.03. The molecule has 0 aliphatic rings. The molecule has 0 aliphatic heterocycles. The lowest BCUT2D eigenvalue weighted by Crippen LogP contribution is -2.31. The molecule has 1 atom stereocenters. The molecule has 0 saturated carbocycles. The molecule has 2 N–H and O–H groups in total.